The first-order chi connectivity index (χ1) is 10.1. The molecule has 0 aliphatic carbocycles. The molecule has 1 aliphatic rings. The lowest BCUT2D eigenvalue weighted by Crippen LogP contribution is -2.39. The maximum atomic E-state index is 5.91. The van der Waals surface area contributed by atoms with Crippen molar-refractivity contribution >= 4 is 16.7 Å². The Hall–Kier alpha value is -1.55. The van der Waals surface area contributed by atoms with Crippen LogP contribution in [0.4, 0.5) is 5.69 Å². The SMILES string of the molecule is CC(C)c1nc2cc(N)ccc2n1CC1CCCCN1C. The Bertz CT molecular complexity index is 629. The van der Waals surface area contributed by atoms with E-state index in [2.05, 4.69) is 36.4 Å². The van der Waals surface area contributed by atoms with Crippen molar-refractivity contribution in [3.63, 3.8) is 0 Å². The van der Waals surface area contributed by atoms with E-state index in [1.165, 1.54) is 37.1 Å². The van der Waals surface area contributed by atoms with Crippen molar-refractivity contribution in [2.75, 3.05) is 19.3 Å². The van der Waals surface area contributed by atoms with E-state index in [0.29, 0.717) is 12.0 Å². The largest absolute Gasteiger partial charge is 0.399 e. The topological polar surface area (TPSA) is 47.1 Å². The summed E-state index contributed by atoms with van der Waals surface area (Å²) in [7, 11) is 2.25. The maximum absolute atomic E-state index is 5.91. The Kier molecular flexibility index (Phi) is 3.89. The van der Waals surface area contributed by atoms with E-state index in [-0.39, 0.29) is 0 Å². The number of nitrogens with two attached hydrogens (primary N) is 1. The molecular formula is C17H26N4. The molecule has 3 rings (SSSR count). The molecule has 1 fully saturated rings. The Balaban J connectivity index is 2.00. The summed E-state index contributed by atoms with van der Waals surface area (Å²) in [6, 6.07) is 6.70. The van der Waals surface area contributed by atoms with Gasteiger partial charge >= 0.3 is 0 Å². The molecule has 1 saturated heterocycles. The van der Waals surface area contributed by atoms with Crippen LogP contribution in [0.5, 0.6) is 0 Å². The summed E-state index contributed by atoms with van der Waals surface area (Å²) in [5.74, 6) is 1.60. The third kappa shape index (κ3) is 2.77. The molecule has 0 bridgehead atoms. The van der Waals surface area contributed by atoms with E-state index < -0.39 is 0 Å². The maximum Gasteiger partial charge on any atom is 0.112 e. The zero-order chi connectivity index (χ0) is 15.0. The number of hydrogen-bond donors (Lipinski definition) is 1. The minimum Gasteiger partial charge on any atom is -0.399 e. The summed E-state index contributed by atoms with van der Waals surface area (Å²) in [5, 5.41) is 0. The van der Waals surface area contributed by atoms with Crippen molar-refractivity contribution in [3.05, 3.63) is 24.0 Å². The molecule has 2 N–H and O–H groups in total. The van der Waals surface area contributed by atoms with Crippen molar-refractivity contribution in [3.8, 4) is 0 Å². The molecular weight excluding hydrogens is 260 g/mol. The van der Waals surface area contributed by atoms with Crippen molar-refractivity contribution in [2.45, 2.75) is 51.6 Å². The summed E-state index contributed by atoms with van der Waals surface area (Å²) < 4.78 is 2.41. The molecule has 0 saturated carbocycles. The molecule has 1 atom stereocenters. The van der Waals surface area contributed by atoms with Crippen LogP contribution in [0.3, 0.4) is 0 Å². The number of imidazole rings is 1. The van der Waals surface area contributed by atoms with Gasteiger partial charge in [0.1, 0.15) is 5.82 Å². The highest BCUT2D eigenvalue weighted by molar-refractivity contribution is 5.79. The van der Waals surface area contributed by atoms with E-state index >= 15 is 0 Å². The molecule has 0 amide bonds. The molecule has 2 heterocycles. The summed E-state index contributed by atoms with van der Waals surface area (Å²) in [6.45, 7) is 6.67. The summed E-state index contributed by atoms with van der Waals surface area (Å²) in [6.07, 6.45) is 3.94. The van der Waals surface area contributed by atoms with E-state index in [0.717, 1.165) is 17.7 Å². The number of likely N-dealkylation sites (N-methyl/N-ethyl adjacent to an activating group) is 1. The lowest BCUT2D eigenvalue weighted by Gasteiger charge is -2.33. The number of nitrogens with zero attached hydrogens (tertiary/aromatic N) is 3. The fraction of sp³-hybridized carbons (Fsp3) is 0.588. The van der Waals surface area contributed by atoms with Gasteiger partial charge in [0.25, 0.3) is 0 Å². The number of nitrogen functional groups attached to an aromatic ring is 1. The predicted octanol–water partition coefficient (Wildman–Crippen LogP) is 3.23. The number of aromatic nitrogens is 2. The first-order valence-electron chi connectivity index (χ1n) is 8.02. The van der Waals surface area contributed by atoms with Crippen LogP contribution in [0.2, 0.25) is 0 Å². The fourth-order valence-electron chi connectivity index (χ4n) is 3.38. The molecule has 0 radical (unpaired) electrons. The number of benzene rings is 1. The lowest BCUT2D eigenvalue weighted by atomic mass is 10.0. The molecule has 21 heavy (non-hydrogen) atoms. The van der Waals surface area contributed by atoms with Gasteiger partial charge in [0.2, 0.25) is 0 Å². The number of hydrogen-bond acceptors (Lipinski definition) is 3. The van der Waals surface area contributed by atoms with Gasteiger partial charge in [-0.2, -0.15) is 0 Å². The number of likely N-dealkylation sites (tertiary alicyclic amines) is 1. The highest BCUT2D eigenvalue weighted by atomic mass is 15.2. The second-order valence-corrected chi connectivity index (χ2v) is 6.61. The quantitative estimate of drug-likeness (QED) is 0.881. The van der Waals surface area contributed by atoms with Crippen LogP contribution in [-0.2, 0) is 6.54 Å². The van der Waals surface area contributed by atoms with Gasteiger partial charge in [-0.05, 0) is 44.6 Å². The van der Waals surface area contributed by atoms with Gasteiger partial charge in [0, 0.05) is 24.2 Å². The fourth-order valence-corrected chi connectivity index (χ4v) is 3.38. The minimum absolute atomic E-state index is 0.424. The molecule has 4 nitrogen and oxygen atoms in total. The number of piperidine rings is 1. The average Bonchev–Trinajstić information content (AvgIpc) is 2.79. The molecule has 1 aliphatic heterocycles. The second kappa shape index (κ2) is 5.68. The summed E-state index contributed by atoms with van der Waals surface area (Å²) in [5.41, 5.74) is 8.94. The van der Waals surface area contributed by atoms with Crippen LogP contribution in [0.25, 0.3) is 11.0 Å². The van der Waals surface area contributed by atoms with Crippen LogP contribution in [0.1, 0.15) is 44.9 Å². The Morgan fingerprint density at radius 2 is 2.14 bits per heavy atom. The van der Waals surface area contributed by atoms with Crippen LogP contribution < -0.4 is 5.73 Å². The minimum atomic E-state index is 0.424. The third-order valence-corrected chi connectivity index (χ3v) is 4.63. The van der Waals surface area contributed by atoms with Crippen molar-refractivity contribution in [2.24, 2.45) is 0 Å². The average molecular weight is 286 g/mol. The highest BCUT2D eigenvalue weighted by Gasteiger charge is 2.22. The normalized spacial score (nSPS) is 20.5. The molecule has 114 valence electrons. The number of fused-ring (bicyclic) bond motifs is 1. The van der Waals surface area contributed by atoms with Gasteiger partial charge < -0.3 is 15.2 Å². The molecule has 0 spiro atoms. The van der Waals surface area contributed by atoms with Crippen LogP contribution in [0.15, 0.2) is 18.2 Å². The van der Waals surface area contributed by atoms with Crippen LogP contribution >= 0.6 is 0 Å². The van der Waals surface area contributed by atoms with Gasteiger partial charge in [-0.15, -0.1) is 0 Å². The van der Waals surface area contributed by atoms with Crippen LogP contribution in [-0.4, -0.2) is 34.1 Å². The zero-order valence-corrected chi connectivity index (χ0v) is 13.3. The van der Waals surface area contributed by atoms with Gasteiger partial charge in [0.15, 0.2) is 0 Å². The summed E-state index contributed by atoms with van der Waals surface area (Å²) in [4.78, 5) is 7.32. The number of rotatable bonds is 3. The highest BCUT2D eigenvalue weighted by Crippen LogP contribution is 2.26. The van der Waals surface area contributed by atoms with Crippen LogP contribution in [0, 0.1) is 0 Å². The Labute approximate surface area is 126 Å². The predicted molar refractivity (Wildman–Crippen MR) is 88.5 cm³/mol. The molecule has 1 aromatic heterocycles. The van der Waals surface area contributed by atoms with Gasteiger partial charge in [-0.1, -0.05) is 20.3 Å². The molecule has 2 aromatic rings. The lowest BCUT2D eigenvalue weighted by molar-refractivity contribution is 0.167. The van der Waals surface area contributed by atoms with E-state index in [4.69, 9.17) is 10.7 Å². The number of anilines is 1. The van der Waals surface area contributed by atoms with Crippen molar-refractivity contribution in [1.29, 1.82) is 0 Å². The summed E-state index contributed by atoms with van der Waals surface area (Å²) >= 11 is 0. The van der Waals surface area contributed by atoms with E-state index in [1.807, 2.05) is 12.1 Å². The molecule has 1 aromatic carbocycles. The van der Waals surface area contributed by atoms with Gasteiger partial charge in [-0.25, -0.2) is 4.98 Å². The smallest absolute Gasteiger partial charge is 0.112 e. The molecule has 4 heteroatoms. The Morgan fingerprint density at radius 1 is 1.33 bits per heavy atom. The zero-order valence-electron chi connectivity index (χ0n) is 13.3. The van der Waals surface area contributed by atoms with E-state index in [9.17, 15) is 0 Å². The first-order valence-corrected chi connectivity index (χ1v) is 8.02. The van der Waals surface area contributed by atoms with E-state index in [1.54, 1.807) is 0 Å². The monoisotopic (exact) mass is 286 g/mol. The standard InChI is InChI=1S/C17H26N4/c1-12(2)17-19-15-10-13(18)7-8-16(15)21(17)11-14-6-4-5-9-20(14)3/h7-8,10,12,14H,4-6,9,11,18H2,1-3H3. The first kappa shape index (κ1) is 14.4. The molecule has 1 unspecified atom stereocenters. The second-order valence-electron chi connectivity index (χ2n) is 6.61. The van der Waals surface area contributed by atoms with Gasteiger partial charge in [-0.3, -0.25) is 0 Å². The third-order valence-electron chi connectivity index (χ3n) is 4.63. The Morgan fingerprint density at radius 3 is 2.86 bits per heavy atom. The van der Waals surface area contributed by atoms with Crippen molar-refractivity contribution in [1.82, 2.24) is 14.5 Å². The van der Waals surface area contributed by atoms with Crippen molar-refractivity contribution < 1.29 is 0 Å². The van der Waals surface area contributed by atoms with Gasteiger partial charge in [0.05, 0.1) is 11.0 Å².